The van der Waals surface area contributed by atoms with Crippen LogP contribution in [0.2, 0.25) is 0 Å². The van der Waals surface area contributed by atoms with Crippen LogP contribution in [0.4, 0.5) is 0 Å². The number of aliphatic hydroxyl groups is 3. The first kappa shape index (κ1) is 35.2. The van der Waals surface area contributed by atoms with Gasteiger partial charge in [-0.3, -0.25) is 9.69 Å². The Hall–Kier alpha value is -0.810. The van der Waals surface area contributed by atoms with Crippen molar-refractivity contribution in [3.63, 3.8) is 0 Å². The largest absolute Gasteiger partial charge is 0.390 e. The van der Waals surface area contributed by atoms with Crippen LogP contribution in [0, 0.1) is 50.7 Å². The van der Waals surface area contributed by atoms with Crippen LogP contribution in [0.3, 0.4) is 0 Å². The molecule has 8 fully saturated rings. The Morgan fingerprint density at radius 3 is 2.41 bits per heavy atom. The lowest BCUT2D eigenvalue weighted by atomic mass is 9.41. The molecule has 278 valence electrons. The molecule has 8 aliphatic rings. The molecule has 9 heteroatoms. The summed E-state index contributed by atoms with van der Waals surface area (Å²) >= 11 is 0. The molecule has 14 atom stereocenters. The third kappa shape index (κ3) is 4.90. The summed E-state index contributed by atoms with van der Waals surface area (Å²) < 4.78 is 19.7. The van der Waals surface area contributed by atoms with Gasteiger partial charge in [-0.15, -0.1) is 0 Å². The number of hydrogen-bond acceptors (Lipinski definition) is 8. The Balaban J connectivity index is 0.985. The summed E-state index contributed by atoms with van der Waals surface area (Å²) in [6.07, 6.45) is 8.46. The van der Waals surface area contributed by atoms with Gasteiger partial charge in [-0.25, -0.2) is 0 Å². The highest BCUT2D eigenvalue weighted by Gasteiger charge is 2.84. The number of aliphatic hydroxyl groups excluding tert-OH is 2. The molecule has 2 spiro atoms. The van der Waals surface area contributed by atoms with Gasteiger partial charge in [0.05, 0.1) is 49.7 Å². The molecule has 49 heavy (non-hydrogen) atoms. The zero-order chi connectivity index (χ0) is 34.9. The van der Waals surface area contributed by atoms with Gasteiger partial charge in [0.15, 0.2) is 6.29 Å². The van der Waals surface area contributed by atoms with Crippen molar-refractivity contribution in [1.29, 1.82) is 0 Å². The summed E-state index contributed by atoms with van der Waals surface area (Å²) in [4.78, 5) is 17.4. The van der Waals surface area contributed by atoms with Gasteiger partial charge in [0.2, 0.25) is 5.91 Å². The van der Waals surface area contributed by atoms with E-state index < -0.39 is 23.9 Å². The predicted molar refractivity (Wildman–Crippen MR) is 185 cm³/mol. The molecule has 3 N–H and O–H groups in total. The van der Waals surface area contributed by atoms with Gasteiger partial charge in [0, 0.05) is 12.0 Å². The third-order valence-corrected chi connectivity index (χ3v) is 17.1. The lowest BCUT2D eigenvalue weighted by molar-refractivity contribution is -0.248. The van der Waals surface area contributed by atoms with E-state index in [2.05, 4.69) is 39.5 Å². The maximum Gasteiger partial charge on any atom is 0.237 e. The van der Waals surface area contributed by atoms with Crippen LogP contribution in [0.1, 0.15) is 113 Å². The highest BCUT2D eigenvalue weighted by Crippen LogP contribution is 2.89. The molecule has 1 amide bonds. The summed E-state index contributed by atoms with van der Waals surface area (Å²) in [5.74, 6) is 1.73. The maximum atomic E-state index is 13.2. The summed E-state index contributed by atoms with van der Waals surface area (Å²) in [6.45, 7) is 19.6. The number of hydrogen-bond donors (Lipinski definition) is 3. The zero-order valence-electron chi connectivity index (χ0n) is 31.5. The Kier molecular flexibility index (Phi) is 8.34. The highest BCUT2D eigenvalue weighted by atomic mass is 16.7. The van der Waals surface area contributed by atoms with Crippen molar-refractivity contribution in [2.24, 2.45) is 50.7 Å². The monoisotopic (exact) mass is 686 g/mol. The minimum atomic E-state index is -1.26. The fourth-order valence-corrected chi connectivity index (χ4v) is 14.6. The molecular formula is C40H66N2O7. The molecule has 3 aliphatic heterocycles. The molecule has 0 bridgehead atoms. The van der Waals surface area contributed by atoms with Gasteiger partial charge in [-0.2, -0.15) is 0 Å². The van der Waals surface area contributed by atoms with E-state index in [0.29, 0.717) is 50.4 Å². The Morgan fingerprint density at radius 2 is 1.69 bits per heavy atom. The van der Waals surface area contributed by atoms with Crippen LogP contribution in [-0.4, -0.2) is 113 Å². The SMILES string of the molecule is C[C@@H]1CC([C@H](O)C(C)(C)O)OC2C1[C@@]1(C)CCC34C[C@@]35CC[C@H](OC3CN(C(=O)CN6CCCC6)CCO3)C(C)(C)[C@@H]5CC[C@H]4[C@]1(C)[C@H]2O. The topological polar surface area (TPSA) is 112 Å². The number of morpholine rings is 1. The van der Waals surface area contributed by atoms with E-state index in [1.807, 2.05) is 4.90 Å². The Labute approximate surface area is 294 Å². The Morgan fingerprint density at radius 1 is 1.00 bits per heavy atom. The standard InChI is InChI=1S/C40H66N2O7/c1-24-20-25(33(44)36(4,5)46)48-32-31(24)37(6)14-15-40-23-39(40)13-12-28(35(2,3)26(39)10-11-27(40)38(37,7)34(32)45)49-30-22-42(18-19-47-30)29(43)21-41-16-8-9-17-41/h24-28,30-34,44-46H,8-23H2,1-7H3/t24-,25?,26+,27+,28+,30?,31?,32?,33+,34+,37-,38-,39-,40?/m1/s1. The molecule has 9 nitrogen and oxygen atoms in total. The van der Waals surface area contributed by atoms with E-state index in [0.717, 1.165) is 45.2 Å². The molecule has 5 aliphatic carbocycles. The van der Waals surface area contributed by atoms with Gasteiger partial charge < -0.3 is 34.4 Å². The number of rotatable bonds is 6. The van der Waals surface area contributed by atoms with Crippen LogP contribution in [0.15, 0.2) is 0 Å². The average molecular weight is 687 g/mol. The molecule has 3 saturated heterocycles. The van der Waals surface area contributed by atoms with Gasteiger partial charge in [0.1, 0.15) is 6.10 Å². The number of nitrogens with zero attached hydrogens (tertiary/aromatic N) is 2. The van der Waals surface area contributed by atoms with E-state index in [-0.39, 0.29) is 57.4 Å². The number of carbonyl (C=O) groups excluding carboxylic acids is 1. The quantitative estimate of drug-likeness (QED) is 0.372. The van der Waals surface area contributed by atoms with E-state index in [4.69, 9.17) is 14.2 Å². The number of fused-ring (bicyclic) bond motifs is 4. The van der Waals surface area contributed by atoms with Crippen molar-refractivity contribution >= 4 is 5.91 Å². The number of carbonyl (C=O) groups is 1. The number of ether oxygens (including phenoxy) is 3. The van der Waals surface area contributed by atoms with Crippen LogP contribution in [-0.2, 0) is 19.0 Å². The minimum absolute atomic E-state index is 0.0140. The third-order valence-electron chi connectivity index (χ3n) is 17.1. The van der Waals surface area contributed by atoms with Crippen LogP contribution in [0.25, 0.3) is 0 Å². The summed E-state index contributed by atoms with van der Waals surface area (Å²) in [6, 6.07) is 0. The first-order valence-electron chi connectivity index (χ1n) is 20.0. The van der Waals surface area contributed by atoms with Crippen molar-refractivity contribution in [1.82, 2.24) is 9.80 Å². The predicted octanol–water partition coefficient (Wildman–Crippen LogP) is 4.60. The minimum Gasteiger partial charge on any atom is -0.390 e. The van der Waals surface area contributed by atoms with Crippen LogP contribution < -0.4 is 0 Å². The lowest BCUT2D eigenvalue weighted by Crippen LogP contribution is -2.60. The number of amides is 1. The van der Waals surface area contributed by atoms with E-state index in [1.54, 1.807) is 13.8 Å². The molecule has 0 aromatic carbocycles. The average Bonchev–Trinajstić information content (AvgIpc) is 3.33. The van der Waals surface area contributed by atoms with E-state index >= 15 is 0 Å². The van der Waals surface area contributed by atoms with Gasteiger partial charge in [0.25, 0.3) is 0 Å². The molecule has 0 aromatic heterocycles. The second kappa shape index (κ2) is 11.6. The van der Waals surface area contributed by atoms with Crippen molar-refractivity contribution in [3.05, 3.63) is 0 Å². The van der Waals surface area contributed by atoms with Crippen molar-refractivity contribution < 1.29 is 34.3 Å². The molecular weight excluding hydrogens is 620 g/mol. The van der Waals surface area contributed by atoms with Crippen LogP contribution in [0.5, 0.6) is 0 Å². The summed E-state index contributed by atoms with van der Waals surface area (Å²) in [7, 11) is 0. The first-order valence-corrected chi connectivity index (χ1v) is 20.0. The lowest BCUT2D eigenvalue weighted by Gasteiger charge is -2.64. The second-order valence-electron chi connectivity index (χ2n) is 19.9. The molecule has 0 aromatic rings. The molecule has 5 unspecified atom stereocenters. The summed E-state index contributed by atoms with van der Waals surface area (Å²) in [5.41, 5.74) is -1.05. The molecule has 5 saturated carbocycles. The van der Waals surface area contributed by atoms with Gasteiger partial charge in [-0.1, -0.05) is 34.6 Å². The zero-order valence-corrected chi connectivity index (χ0v) is 31.5. The summed E-state index contributed by atoms with van der Waals surface area (Å²) in [5, 5.41) is 34.2. The highest BCUT2D eigenvalue weighted by molar-refractivity contribution is 5.78. The first-order chi connectivity index (χ1) is 23.0. The van der Waals surface area contributed by atoms with E-state index in [9.17, 15) is 20.1 Å². The second-order valence-corrected chi connectivity index (χ2v) is 19.9. The molecule has 8 rings (SSSR count). The Bertz CT molecular complexity index is 1300. The van der Waals surface area contributed by atoms with Crippen molar-refractivity contribution in [2.75, 3.05) is 39.3 Å². The molecule has 0 radical (unpaired) electrons. The van der Waals surface area contributed by atoms with E-state index in [1.165, 1.54) is 25.7 Å². The van der Waals surface area contributed by atoms with Crippen molar-refractivity contribution in [2.45, 2.75) is 155 Å². The fourth-order valence-electron chi connectivity index (χ4n) is 14.6. The maximum absolute atomic E-state index is 13.2. The normalized spacial score (nSPS) is 51.2. The van der Waals surface area contributed by atoms with Crippen molar-refractivity contribution in [3.8, 4) is 0 Å². The van der Waals surface area contributed by atoms with Crippen LogP contribution >= 0.6 is 0 Å². The number of likely N-dealkylation sites (tertiary alicyclic amines) is 1. The smallest absolute Gasteiger partial charge is 0.237 e. The fraction of sp³-hybridized carbons (Fsp3) is 0.975. The van der Waals surface area contributed by atoms with Gasteiger partial charge in [-0.05, 0) is 136 Å². The molecule has 3 heterocycles. The van der Waals surface area contributed by atoms with Gasteiger partial charge >= 0.3 is 0 Å².